The largest absolute Gasteiger partial charge is 0.297 e. The molecular weight excluding hydrogens is 484 g/mol. The fraction of sp³-hybridized carbons (Fsp3) is 0.111. The molecular formula is C27H24O6S2. The molecule has 0 spiro atoms. The van der Waals surface area contributed by atoms with E-state index in [1.54, 1.807) is 97.1 Å². The van der Waals surface area contributed by atoms with Gasteiger partial charge in [-0.2, -0.15) is 16.8 Å². The Morgan fingerprint density at radius 2 is 0.743 bits per heavy atom. The first kappa shape index (κ1) is 24.8. The fourth-order valence-corrected chi connectivity index (χ4v) is 5.78. The summed E-state index contributed by atoms with van der Waals surface area (Å²) in [5, 5.41) is 0. The van der Waals surface area contributed by atoms with Crippen LogP contribution in [0.4, 0.5) is 0 Å². The van der Waals surface area contributed by atoms with Gasteiger partial charge < -0.3 is 0 Å². The SMILES string of the molecule is O=S(=O)(OC(CC(OS(=O)(=O)c1ccccc1)c1ccccc1)c1ccccc1)c1ccccc1. The minimum absolute atomic E-state index is 0.00928. The molecule has 4 aromatic carbocycles. The molecule has 6 nitrogen and oxygen atoms in total. The molecule has 35 heavy (non-hydrogen) atoms. The van der Waals surface area contributed by atoms with Crippen molar-refractivity contribution in [3.8, 4) is 0 Å². The van der Waals surface area contributed by atoms with Crippen LogP contribution in [0.2, 0.25) is 0 Å². The molecule has 0 aliphatic heterocycles. The summed E-state index contributed by atoms with van der Waals surface area (Å²) in [6.45, 7) is 0. The Labute approximate surface area is 206 Å². The maximum Gasteiger partial charge on any atom is 0.297 e. The normalized spacial score (nSPS) is 13.7. The fourth-order valence-electron chi connectivity index (χ4n) is 3.58. The van der Waals surface area contributed by atoms with Gasteiger partial charge in [0.05, 0.1) is 9.79 Å². The topological polar surface area (TPSA) is 86.7 Å². The Bertz CT molecular complexity index is 1310. The van der Waals surface area contributed by atoms with Gasteiger partial charge in [0.1, 0.15) is 12.2 Å². The molecule has 0 radical (unpaired) electrons. The zero-order valence-electron chi connectivity index (χ0n) is 18.7. The first-order valence-electron chi connectivity index (χ1n) is 10.9. The van der Waals surface area contributed by atoms with Crippen molar-refractivity contribution in [3.63, 3.8) is 0 Å². The van der Waals surface area contributed by atoms with Gasteiger partial charge in [-0.15, -0.1) is 0 Å². The molecule has 0 bridgehead atoms. The molecule has 0 aliphatic carbocycles. The van der Waals surface area contributed by atoms with Gasteiger partial charge in [-0.05, 0) is 35.4 Å². The summed E-state index contributed by atoms with van der Waals surface area (Å²) in [5.41, 5.74) is 1.15. The summed E-state index contributed by atoms with van der Waals surface area (Å²) in [6, 6.07) is 33.2. The number of hydrogen-bond acceptors (Lipinski definition) is 6. The zero-order valence-corrected chi connectivity index (χ0v) is 20.3. The van der Waals surface area contributed by atoms with E-state index in [-0.39, 0.29) is 16.2 Å². The molecule has 4 rings (SSSR count). The Morgan fingerprint density at radius 3 is 1.06 bits per heavy atom. The highest BCUT2D eigenvalue weighted by atomic mass is 32.2. The van der Waals surface area contributed by atoms with Crippen LogP contribution in [0.1, 0.15) is 29.8 Å². The van der Waals surface area contributed by atoms with Crippen molar-refractivity contribution in [3.05, 3.63) is 132 Å². The lowest BCUT2D eigenvalue weighted by Gasteiger charge is -2.24. The van der Waals surface area contributed by atoms with E-state index in [4.69, 9.17) is 8.37 Å². The highest BCUT2D eigenvalue weighted by molar-refractivity contribution is 7.87. The Balaban J connectivity index is 1.71. The average molecular weight is 509 g/mol. The second-order valence-electron chi connectivity index (χ2n) is 7.76. The average Bonchev–Trinajstić information content (AvgIpc) is 2.90. The van der Waals surface area contributed by atoms with Gasteiger partial charge >= 0.3 is 0 Å². The van der Waals surface area contributed by atoms with Crippen molar-refractivity contribution in [2.45, 2.75) is 28.4 Å². The summed E-state index contributed by atoms with van der Waals surface area (Å²) >= 11 is 0. The van der Waals surface area contributed by atoms with Crippen molar-refractivity contribution in [2.75, 3.05) is 0 Å². The Morgan fingerprint density at radius 1 is 0.457 bits per heavy atom. The molecule has 2 atom stereocenters. The first-order valence-corrected chi connectivity index (χ1v) is 13.7. The molecule has 0 saturated heterocycles. The van der Waals surface area contributed by atoms with Crippen LogP contribution < -0.4 is 0 Å². The van der Waals surface area contributed by atoms with Gasteiger partial charge in [0.2, 0.25) is 0 Å². The van der Waals surface area contributed by atoms with Crippen molar-refractivity contribution in [1.82, 2.24) is 0 Å². The molecule has 0 saturated carbocycles. The van der Waals surface area contributed by atoms with E-state index in [1.165, 1.54) is 24.3 Å². The molecule has 8 heteroatoms. The Kier molecular flexibility index (Phi) is 7.77. The lowest BCUT2D eigenvalue weighted by molar-refractivity contribution is 0.119. The predicted octanol–water partition coefficient (Wildman–Crippen LogP) is 5.67. The van der Waals surface area contributed by atoms with Crippen LogP contribution in [-0.2, 0) is 28.6 Å². The summed E-state index contributed by atoms with van der Waals surface area (Å²) in [7, 11) is -8.27. The lowest BCUT2D eigenvalue weighted by atomic mass is 9.99. The van der Waals surface area contributed by atoms with E-state index in [0.29, 0.717) is 11.1 Å². The molecule has 4 aromatic rings. The van der Waals surface area contributed by atoms with Gasteiger partial charge in [-0.3, -0.25) is 8.37 Å². The molecule has 0 fully saturated rings. The van der Waals surface area contributed by atoms with E-state index in [9.17, 15) is 16.8 Å². The van der Waals surface area contributed by atoms with Gasteiger partial charge in [0.25, 0.3) is 20.2 Å². The first-order chi connectivity index (χ1) is 16.9. The highest BCUT2D eigenvalue weighted by Gasteiger charge is 2.30. The van der Waals surface area contributed by atoms with Crippen molar-refractivity contribution in [1.29, 1.82) is 0 Å². The standard InChI is InChI=1S/C27H24O6S2/c28-34(29,24-17-9-3-10-18-24)32-26(22-13-5-1-6-14-22)21-27(23-15-7-2-8-16-23)33-35(30,31)25-19-11-4-12-20-25/h1-20,26-27H,21H2. The molecule has 0 amide bonds. The van der Waals surface area contributed by atoms with Gasteiger partial charge in [-0.25, -0.2) is 0 Å². The van der Waals surface area contributed by atoms with E-state index in [0.717, 1.165) is 0 Å². The third-order valence-corrected chi connectivity index (χ3v) is 7.99. The van der Waals surface area contributed by atoms with E-state index in [1.807, 2.05) is 0 Å². The Hall–Kier alpha value is -3.30. The minimum Gasteiger partial charge on any atom is -0.258 e. The van der Waals surface area contributed by atoms with Crippen molar-refractivity contribution < 1.29 is 25.2 Å². The van der Waals surface area contributed by atoms with Crippen LogP contribution in [0.15, 0.2) is 131 Å². The lowest BCUT2D eigenvalue weighted by Crippen LogP contribution is -2.19. The van der Waals surface area contributed by atoms with Crippen LogP contribution in [0, 0.1) is 0 Å². The van der Waals surface area contributed by atoms with Crippen molar-refractivity contribution >= 4 is 20.2 Å². The third kappa shape index (κ3) is 6.43. The van der Waals surface area contributed by atoms with Crippen LogP contribution in [-0.4, -0.2) is 16.8 Å². The van der Waals surface area contributed by atoms with Crippen molar-refractivity contribution in [2.24, 2.45) is 0 Å². The maximum atomic E-state index is 13.1. The maximum absolute atomic E-state index is 13.1. The summed E-state index contributed by atoms with van der Waals surface area (Å²) in [5.74, 6) is 0. The van der Waals surface area contributed by atoms with Crippen LogP contribution in [0.3, 0.4) is 0 Å². The third-order valence-electron chi connectivity index (χ3n) is 5.32. The van der Waals surface area contributed by atoms with Crippen LogP contribution in [0.5, 0.6) is 0 Å². The smallest absolute Gasteiger partial charge is 0.258 e. The zero-order chi connectivity index (χ0) is 24.7. The van der Waals surface area contributed by atoms with Gasteiger partial charge in [0, 0.05) is 6.42 Å². The molecule has 180 valence electrons. The van der Waals surface area contributed by atoms with E-state index >= 15 is 0 Å². The summed E-state index contributed by atoms with van der Waals surface area (Å²) in [4.78, 5) is 0.0186. The molecule has 0 aliphatic rings. The number of benzene rings is 4. The van der Waals surface area contributed by atoms with E-state index in [2.05, 4.69) is 0 Å². The number of rotatable bonds is 10. The summed E-state index contributed by atoms with van der Waals surface area (Å²) < 4.78 is 63.6. The predicted molar refractivity (Wildman–Crippen MR) is 132 cm³/mol. The minimum atomic E-state index is -4.14. The second-order valence-corrected chi connectivity index (χ2v) is 10.9. The second kappa shape index (κ2) is 11.0. The quantitative estimate of drug-likeness (QED) is 0.257. The molecule has 2 unspecified atom stereocenters. The monoisotopic (exact) mass is 508 g/mol. The van der Waals surface area contributed by atoms with Crippen LogP contribution in [0.25, 0.3) is 0 Å². The van der Waals surface area contributed by atoms with Crippen LogP contribution >= 0.6 is 0 Å². The molecule has 0 heterocycles. The van der Waals surface area contributed by atoms with Gasteiger partial charge in [-0.1, -0.05) is 97.1 Å². The van der Waals surface area contributed by atoms with E-state index < -0.39 is 32.4 Å². The highest BCUT2D eigenvalue weighted by Crippen LogP contribution is 2.36. The molecule has 0 aromatic heterocycles. The number of hydrogen-bond donors (Lipinski definition) is 0. The summed E-state index contributed by atoms with van der Waals surface area (Å²) in [6.07, 6.45) is -2.07. The molecule has 0 N–H and O–H groups in total. The van der Waals surface area contributed by atoms with Gasteiger partial charge in [0.15, 0.2) is 0 Å².